The average molecular weight is 467 g/mol. The molecule has 174 valence electrons. The van der Waals surface area contributed by atoms with Gasteiger partial charge in [0.1, 0.15) is 0 Å². The number of hydrogen-bond acceptors (Lipinski definition) is 6. The minimum atomic E-state index is -0.480. The molecule has 0 atom stereocenters. The van der Waals surface area contributed by atoms with Crippen LogP contribution in [0.1, 0.15) is 27.3 Å². The second kappa shape index (κ2) is 9.18. The monoisotopic (exact) mass is 467 g/mol. The predicted molar refractivity (Wildman–Crippen MR) is 129 cm³/mol. The molecule has 0 fully saturated rings. The third-order valence-corrected chi connectivity index (χ3v) is 5.75. The third kappa shape index (κ3) is 4.49. The highest BCUT2D eigenvalue weighted by atomic mass is 16.6. The van der Waals surface area contributed by atoms with Crippen molar-refractivity contribution < 1.29 is 9.72 Å². The van der Waals surface area contributed by atoms with Gasteiger partial charge >= 0.3 is 0 Å². The number of hydrogen-bond donors (Lipinski definition) is 1. The van der Waals surface area contributed by atoms with Gasteiger partial charge in [0, 0.05) is 25.2 Å². The van der Waals surface area contributed by atoms with Crippen LogP contribution in [0.4, 0.5) is 5.69 Å². The number of imidazole rings is 1. The molecule has 10 heteroatoms. The molecular formula is C25H21N7O3. The van der Waals surface area contributed by atoms with Crippen LogP contribution in [0.15, 0.2) is 79.1 Å². The molecule has 5 aromatic rings. The van der Waals surface area contributed by atoms with Crippen LogP contribution in [-0.2, 0) is 13.1 Å². The van der Waals surface area contributed by atoms with Gasteiger partial charge in [0.25, 0.3) is 11.6 Å². The van der Waals surface area contributed by atoms with E-state index in [1.54, 1.807) is 19.1 Å². The minimum absolute atomic E-state index is 0.0620. The highest BCUT2D eigenvalue weighted by molar-refractivity contribution is 5.93. The molecule has 2 heterocycles. The van der Waals surface area contributed by atoms with Crippen LogP contribution >= 0.6 is 0 Å². The lowest BCUT2D eigenvalue weighted by molar-refractivity contribution is -0.384. The van der Waals surface area contributed by atoms with Crippen molar-refractivity contribution >= 4 is 22.6 Å². The molecule has 0 spiro atoms. The topological polar surface area (TPSA) is 121 Å². The van der Waals surface area contributed by atoms with E-state index in [9.17, 15) is 14.9 Å². The summed E-state index contributed by atoms with van der Waals surface area (Å²) >= 11 is 0. The fraction of sp³-hybridized carbons (Fsp3) is 0.120. The standard InChI is InChI=1S/C25H21N7O3/c1-17-24(28-29-31(17)20-5-4-6-21(13-20)32(34)35)25(33)26-14-18-9-11-19(12-10-18)15-30-16-27-22-7-2-3-8-23(22)30/h2-13,16H,14-15H2,1H3,(H,26,33). The van der Waals surface area contributed by atoms with Crippen LogP contribution < -0.4 is 5.32 Å². The van der Waals surface area contributed by atoms with E-state index in [2.05, 4.69) is 25.2 Å². The number of carbonyl (C=O) groups is 1. The number of non-ortho nitro benzene ring substituents is 1. The van der Waals surface area contributed by atoms with E-state index in [1.807, 2.05) is 54.9 Å². The van der Waals surface area contributed by atoms with Crippen molar-refractivity contribution in [3.8, 4) is 5.69 Å². The van der Waals surface area contributed by atoms with E-state index in [4.69, 9.17) is 0 Å². The molecule has 3 aromatic carbocycles. The fourth-order valence-corrected chi connectivity index (χ4v) is 3.88. The summed E-state index contributed by atoms with van der Waals surface area (Å²) in [6.45, 7) is 2.73. The Labute approximate surface area is 200 Å². The number of nitro groups is 1. The number of aromatic nitrogens is 5. The van der Waals surface area contributed by atoms with Gasteiger partial charge < -0.3 is 9.88 Å². The van der Waals surface area contributed by atoms with Crippen molar-refractivity contribution in [2.45, 2.75) is 20.0 Å². The Bertz CT molecular complexity index is 1540. The van der Waals surface area contributed by atoms with Crippen molar-refractivity contribution in [1.82, 2.24) is 29.9 Å². The average Bonchev–Trinajstić information content (AvgIpc) is 3.47. The van der Waals surface area contributed by atoms with E-state index >= 15 is 0 Å². The Balaban J connectivity index is 1.24. The fourth-order valence-electron chi connectivity index (χ4n) is 3.88. The maximum absolute atomic E-state index is 12.7. The first-order chi connectivity index (χ1) is 17.0. The molecule has 0 bridgehead atoms. The zero-order valence-electron chi connectivity index (χ0n) is 18.8. The lowest BCUT2D eigenvalue weighted by Gasteiger charge is -2.08. The van der Waals surface area contributed by atoms with Gasteiger partial charge in [0.15, 0.2) is 5.69 Å². The Morgan fingerprint density at radius 3 is 2.60 bits per heavy atom. The van der Waals surface area contributed by atoms with Crippen LogP contribution in [0.5, 0.6) is 0 Å². The minimum Gasteiger partial charge on any atom is -0.347 e. The van der Waals surface area contributed by atoms with Gasteiger partial charge in [-0.15, -0.1) is 5.10 Å². The van der Waals surface area contributed by atoms with E-state index in [0.29, 0.717) is 24.5 Å². The zero-order chi connectivity index (χ0) is 24.4. The van der Waals surface area contributed by atoms with Crippen molar-refractivity contribution in [1.29, 1.82) is 0 Å². The predicted octanol–water partition coefficient (Wildman–Crippen LogP) is 3.81. The molecule has 0 aliphatic rings. The second-order valence-electron chi connectivity index (χ2n) is 8.07. The number of benzene rings is 3. The number of para-hydroxylation sites is 2. The largest absolute Gasteiger partial charge is 0.347 e. The molecule has 5 rings (SSSR count). The summed E-state index contributed by atoms with van der Waals surface area (Å²) in [6.07, 6.45) is 1.84. The normalized spacial score (nSPS) is 11.0. The quantitative estimate of drug-likeness (QED) is 0.287. The maximum Gasteiger partial charge on any atom is 0.274 e. The highest BCUT2D eigenvalue weighted by Crippen LogP contribution is 2.19. The van der Waals surface area contributed by atoms with Gasteiger partial charge in [-0.05, 0) is 36.2 Å². The smallest absolute Gasteiger partial charge is 0.274 e. The van der Waals surface area contributed by atoms with Gasteiger partial charge in [-0.3, -0.25) is 14.9 Å². The molecule has 0 unspecified atom stereocenters. The summed E-state index contributed by atoms with van der Waals surface area (Å²) in [7, 11) is 0. The molecule has 0 radical (unpaired) electrons. The Morgan fingerprint density at radius 2 is 1.80 bits per heavy atom. The summed E-state index contributed by atoms with van der Waals surface area (Å²) in [5.41, 5.74) is 5.17. The van der Waals surface area contributed by atoms with E-state index < -0.39 is 4.92 Å². The summed E-state index contributed by atoms with van der Waals surface area (Å²) in [6, 6.07) is 22.0. The number of amides is 1. The Kier molecular flexibility index (Phi) is 5.76. The van der Waals surface area contributed by atoms with Gasteiger partial charge in [0.05, 0.1) is 33.7 Å². The van der Waals surface area contributed by atoms with Crippen molar-refractivity contribution in [3.63, 3.8) is 0 Å². The first kappa shape index (κ1) is 22.0. The molecule has 0 aliphatic heterocycles. The molecule has 0 aliphatic carbocycles. The van der Waals surface area contributed by atoms with Crippen LogP contribution in [-0.4, -0.2) is 35.4 Å². The molecule has 35 heavy (non-hydrogen) atoms. The zero-order valence-corrected chi connectivity index (χ0v) is 18.8. The second-order valence-corrected chi connectivity index (χ2v) is 8.07. The van der Waals surface area contributed by atoms with Crippen molar-refractivity contribution in [3.05, 3.63) is 112 Å². The lowest BCUT2D eigenvalue weighted by atomic mass is 10.1. The molecule has 0 saturated heterocycles. The Morgan fingerprint density at radius 1 is 1.03 bits per heavy atom. The van der Waals surface area contributed by atoms with Crippen molar-refractivity contribution in [2.24, 2.45) is 0 Å². The summed E-state index contributed by atoms with van der Waals surface area (Å²) in [4.78, 5) is 27.7. The maximum atomic E-state index is 12.7. The first-order valence-electron chi connectivity index (χ1n) is 10.9. The summed E-state index contributed by atoms with van der Waals surface area (Å²) in [5.74, 6) is -0.367. The summed E-state index contributed by atoms with van der Waals surface area (Å²) < 4.78 is 3.51. The van der Waals surface area contributed by atoms with Crippen LogP contribution in [0.2, 0.25) is 0 Å². The highest BCUT2D eigenvalue weighted by Gasteiger charge is 2.18. The van der Waals surface area contributed by atoms with Gasteiger partial charge in [-0.2, -0.15) is 0 Å². The van der Waals surface area contributed by atoms with Gasteiger partial charge in [-0.25, -0.2) is 9.67 Å². The number of rotatable bonds is 7. The first-order valence-corrected chi connectivity index (χ1v) is 10.9. The molecule has 0 saturated carbocycles. The molecule has 1 amide bonds. The van der Waals surface area contributed by atoms with E-state index in [0.717, 1.165) is 22.2 Å². The van der Waals surface area contributed by atoms with Gasteiger partial charge in [0.2, 0.25) is 0 Å². The number of fused-ring (bicyclic) bond motifs is 1. The number of nitrogens with zero attached hydrogens (tertiary/aromatic N) is 6. The number of carbonyl (C=O) groups excluding carboxylic acids is 1. The van der Waals surface area contributed by atoms with Crippen LogP contribution in [0.3, 0.4) is 0 Å². The Hall–Kier alpha value is -4.86. The number of nitro benzene ring substituents is 1. The lowest BCUT2D eigenvalue weighted by Crippen LogP contribution is -2.24. The SMILES string of the molecule is Cc1c(C(=O)NCc2ccc(Cn3cnc4ccccc43)cc2)nnn1-c1cccc([N+](=O)[O-])c1. The van der Waals surface area contributed by atoms with Crippen LogP contribution in [0.25, 0.3) is 16.7 Å². The molecular weight excluding hydrogens is 446 g/mol. The molecule has 1 N–H and O–H groups in total. The van der Waals surface area contributed by atoms with Crippen molar-refractivity contribution in [2.75, 3.05) is 0 Å². The summed E-state index contributed by atoms with van der Waals surface area (Å²) in [5, 5.41) is 21.9. The number of nitrogens with one attached hydrogen (secondary N) is 1. The third-order valence-electron chi connectivity index (χ3n) is 5.75. The van der Waals surface area contributed by atoms with Crippen LogP contribution in [0, 0.1) is 17.0 Å². The molecule has 2 aromatic heterocycles. The van der Waals surface area contributed by atoms with E-state index in [-0.39, 0.29) is 17.3 Å². The molecule has 10 nitrogen and oxygen atoms in total. The van der Waals surface area contributed by atoms with Gasteiger partial charge in [-0.1, -0.05) is 47.7 Å². The van der Waals surface area contributed by atoms with E-state index in [1.165, 1.54) is 16.8 Å².